The second kappa shape index (κ2) is 6.38. The minimum atomic E-state index is 0.657. The van der Waals surface area contributed by atoms with Gasteiger partial charge in [0, 0.05) is 12.7 Å². The molecule has 0 aliphatic carbocycles. The Kier molecular flexibility index (Phi) is 4.58. The SMILES string of the molecule is CCN(Cc1ccco1)c1ncc(CCN)cc1C. The Morgan fingerprint density at radius 2 is 2.26 bits per heavy atom. The molecule has 2 aromatic heterocycles. The van der Waals surface area contributed by atoms with Crippen LogP contribution in [0.3, 0.4) is 0 Å². The Morgan fingerprint density at radius 3 is 2.84 bits per heavy atom. The Bertz CT molecular complexity index is 508. The van der Waals surface area contributed by atoms with Crippen LogP contribution < -0.4 is 10.6 Å². The molecule has 0 aliphatic rings. The van der Waals surface area contributed by atoms with Gasteiger partial charge < -0.3 is 15.1 Å². The van der Waals surface area contributed by atoms with Crippen molar-refractivity contribution in [2.45, 2.75) is 26.8 Å². The molecule has 0 radical (unpaired) electrons. The van der Waals surface area contributed by atoms with Gasteiger partial charge in [-0.25, -0.2) is 4.98 Å². The zero-order valence-corrected chi connectivity index (χ0v) is 11.6. The largest absolute Gasteiger partial charge is 0.467 e. The number of aromatic nitrogens is 1. The number of rotatable bonds is 6. The van der Waals surface area contributed by atoms with Crippen LogP contribution in [0.1, 0.15) is 23.8 Å². The van der Waals surface area contributed by atoms with E-state index in [9.17, 15) is 0 Å². The average Bonchev–Trinajstić information content (AvgIpc) is 2.90. The molecule has 2 heterocycles. The third-order valence-electron chi connectivity index (χ3n) is 3.15. The number of hydrogen-bond acceptors (Lipinski definition) is 4. The van der Waals surface area contributed by atoms with E-state index in [0.29, 0.717) is 6.54 Å². The smallest absolute Gasteiger partial charge is 0.131 e. The predicted molar refractivity (Wildman–Crippen MR) is 77.2 cm³/mol. The Hall–Kier alpha value is -1.81. The maximum Gasteiger partial charge on any atom is 0.131 e. The zero-order valence-electron chi connectivity index (χ0n) is 11.6. The standard InChI is InChI=1S/C15H21N3O/c1-3-18(11-14-5-4-8-19-14)15-12(2)9-13(6-7-16)10-17-15/h4-5,8-10H,3,6-7,11,16H2,1-2H3. The van der Waals surface area contributed by atoms with Crippen LogP contribution in [-0.2, 0) is 13.0 Å². The average molecular weight is 259 g/mol. The van der Waals surface area contributed by atoms with Crippen molar-refractivity contribution >= 4 is 5.82 Å². The monoisotopic (exact) mass is 259 g/mol. The molecule has 0 amide bonds. The van der Waals surface area contributed by atoms with Crippen LogP contribution in [0.4, 0.5) is 5.82 Å². The van der Waals surface area contributed by atoms with Crippen molar-refractivity contribution in [1.29, 1.82) is 0 Å². The van der Waals surface area contributed by atoms with E-state index in [4.69, 9.17) is 10.2 Å². The van der Waals surface area contributed by atoms with E-state index in [1.165, 1.54) is 11.1 Å². The van der Waals surface area contributed by atoms with Gasteiger partial charge in [0.15, 0.2) is 0 Å². The van der Waals surface area contributed by atoms with E-state index in [2.05, 4.69) is 29.8 Å². The van der Waals surface area contributed by atoms with Crippen molar-refractivity contribution in [3.63, 3.8) is 0 Å². The molecule has 4 nitrogen and oxygen atoms in total. The molecule has 0 spiro atoms. The van der Waals surface area contributed by atoms with Gasteiger partial charge in [-0.15, -0.1) is 0 Å². The normalized spacial score (nSPS) is 10.7. The lowest BCUT2D eigenvalue weighted by Gasteiger charge is -2.23. The summed E-state index contributed by atoms with van der Waals surface area (Å²) in [5, 5.41) is 0. The molecule has 0 saturated heterocycles. The fourth-order valence-electron chi connectivity index (χ4n) is 2.19. The van der Waals surface area contributed by atoms with Gasteiger partial charge in [0.2, 0.25) is 0 Å². The number of aryl methyl sites for hydroxylation is 1. The first-order valence-electron chi connectivity index (χ1n) is 6.67. The maximum atomic E-state index is 5.57. The van der Waals surface area contributed by atoms with Crippen molar-refractivity contribution in [3.8, 4) is 0 Å². The molecule has 0 bridgehead atoms. The van der Waals surface area contributed by atoms with Crippen molar-refractivity contribution in [1.82, 2.24) is 4.98 Å². The van der Waals surface area contributed by atoms with Crippen LogP contribution in [0.2, 0.25) is 0 Å². The molecular formula is C15H21N3O. The molecule has 0 unspecified atom stereocenters. The summed E-state index contributed by atoms with van der Waals surface area (Å²) in [4.78, 5) is 6.79. The van der Waals surface area contributed by atoms with Crippen molar-refractivity contribution in [2.24, 2.45) is 5.73 Å². The lowest BCUT2D eigenvalue weighted by Crippen LogP contribution is -2.24. The summed E-state index contributed by atoms with van der Waals surface area (Å²) >= 11 is 0. The van der Waals surface area contributed by atoms with Gasteiger partial charge in [0.05, 0.1) is 12.8 Å². The van der Waals surface area contributed by atoms with Crippen molar-refractivity contribution in [2.75, 3.05) is 18.0 Å². The summed E-state index contributed by atoms with van der Waals surface area (Å²) in [6.45, 7) is 6.51. The maximum absolute atomic E-state index is 5.57. The van der Waals surface area contributed by atoms with Gasteiger partial charge >= 0.3 is 0 Å². The van der Waals surface area contributed by atoms with Crippen LogP contribution in [0, 0.1) is 6.92 Å². The number of anilines is 1. The summed E-state index contributed by atoms with van der Waals surface area (Å²) in [5.74, 6) is 1.97. The third kappa shape index (κ3) is 3.35. The molecule has 102 valence electrons. The lowest BCUT2D eigenvalue weighted by molar-refractivity contribution is 0.502. The van der Waals surface area contributed by atoms with Gasteiger partial charge in [-0.3, -0.25) is 0 Å². The minimum Gasteiger partial charge on any atom is -0.467 e. The topological polar surface area (TPSA) is 55.3 Å². The Labute approximate surface area is 114 Å². The van der Waals surface area contributed by atoms with Gasteiger partial charge in [-0.1, -0.05) is 6.07 Å². The van der Waals surface area contributed by atoms with E-state index in [0.717, 1.165) is 31.1 Å². The van der Waals surface area contributed by atoms with E-state index in [1.807, 2.05) is 18.3 Å². The second-order valence-corrected chi connectivity index (χ2v) is 4.62. The van der Waals surface area contributed by atoms with E-state index < -0.39 is 0 Å². The fraction of sp³-hybridized carbons (Fsp3) is 0.400. The number of hydrogen-bond donors (Lipinski definition) is 1. The van der Waals surface area contributed by atoms with Crippen molar-refractivity contribution in [3.05, 3.63) is 47.5 Å². The van der Waals surface area contributed by atoms with E-state index in [-0.39, 0.29) is 0 Å². The van der Waals surface area contributed by atoms with Gasteiger partial charge in [0.1, 0.15) is 11.6 Å². The first-order valence-corrected chi connectivity index (χ1v) is 6.67. The highest BCUT2D eigenvalue weighted by molar-refractivity contribution is 5.47. The zero-order chi connectivity index (χ0) is 13.7. The van der Waals surface area contributed by atoms with Crippen LogP contribution in [-0.4, -0.2) is 18.1 Å². The summed E-state index contributed by atoms with van der Waals surface area (Å²) in [7, 11) is 0. The van der Waals surface area contributed by atoms with Crippen LogP contribution in [0.25, 0.3) is 0 Å². The first kappa shape index (κ1) is 13.6. The van der Waals surface area contributed by atoms with Crippen LogP contribution in [0.5, 0.6) is 0 Å². The van der Waals surface area contributed by atoms with Crippen LogP contribution >= 0.6 is 0 Å². The highest BCUT2D eigenvalue weighted by Gasteiger charge is 2.11. The van der Waals surface area contributed by atoms with Crippen molar-refractivity contribution < 1.29 is 4.42 Å². The van der Waals surface area contributed by atoms with E-state index >= 15 is 0 Å². The molecule has 0 aliphatic heterocycles. The predicted octanol–water partition coefficient (Wildman–Crippen LogP) is 2.51. The number of furan rings is 1. The number of nitrogens with zero attached hydrogens (tertiary/aromatic N) is 2. The summed E-state index contributed by atoms with van der Waals surface area (Å²) in [5.41, 5.74) is 7.95. The molecule has 19 heavy (non-hydrogen) atoms. The number of nitrogens with two attached hydrogens (primary N) is 1. The fourth-order valence-corrected chi connectivity index (χ4v) is 2.19. The second-order valence-electron chi connectivity index (χ2n) is 4.62. The van der Waals surface area contributed by atoms with Gasteiger partial charge in [-0.2, -0.15) is 0 Å². The third-order valence-corrected chi connectivity index (χ3v) is 3.15. The lowest BCUT2D eigenvalue weighted by atomic mass is 10.1. The molecule has 0 atom stereocenters. The molecule has 4 heteroatoms. The Morgan fingerprint density at radius 1 is 1.42 bits per heavy atom. The minimum absolute atomic E-state index is 0.657. The summed E-state index contributed by atoms with van der Waals surface area (Å²) in [6, 6.07) is 6.06. The summed E-state index contributed by atoms with van der Waals surface area (Å²) < 4.78 is 5.40. The Balaban J connectivity index is 2.18. The highest BCUT2D eigenvalue weighted by atomic mass is 16.3. The van der Waals surface area contributed by atoms with Gasteiger partial charge in [-0.05, 0) is 50.1 Å². The molecule has 2 aromatic rings. The quantitative estimate of drug-likeness (QED) is 0.866. The molecule has 0 saturated carbocycles. The van der Waals surface area contributed by atoms with Gasteiger partial charge in [0.25, 0.3) is 0 Å². The first-order chi connectivity index (χ1) is 9.24. The summed E-state index contributed by atoms with van der Waals surface area (Å²) in [6.07, 6.45) is 4.49. The van der Waals surface area contributed by atoms with E-state index in [1.54, 1.807) is 6.26 Å². The molecule has 0 fully saturated rings. The molecule has 2 rings (SSSR count). The molecular weight excluding hydrogens is 238 g/mol. The molecule has 2 N–H and O–H groups in total. The van der Waals surface area contributed by atoms with Crippen LogP contribution in [0.15, 0.2) is 35.1 Å². The number of pyridine rings is 1. The highest BCUT2D eigenvalue weighted by Crippen LogP contribution is 2.20. The molecule has 0 aromatic carbocycles.